The van der Waals surface area contributed by atoms with Crippen molar-refractivity contribution in [2.24, 2.45) is 11.7 Å². The molecule has 2 fully saturated rings. The topological polar surface area (TPSA) is 72.6 Å². The van der Waals surface area contributed by atoms with Crippen molar-refractivity contribution in [1.82, 2.24) is 4.90 Å². The van der Waals surface area contributed by atoms with Crippen LogP contribution in [-0.2, 0) is 14.3 Å². The largest absolute Gasteiger partial charge is 0.378 e. The summed E-state index contributed by atoms with van der Waals surface area (Å²) in [5.74, 6) is -0.0921. The quantitative estimate of drug-likeness (QED) is 0.828. The number of amides is 2. The van der Waals surface area contributed by atoms with Crippen molar-refractivity contribution in [2.75, 3.05) is 19.7 Å². The third-order valence-electron chi connectivity index (χ3n) is 4.20. The number of carbonyl (C=O) groups excluding carboxylic acids is 2. The van der Waals surface area contributed by atoms with Gasteiger partial charge in [-0.15, -0.1) is 0 Å². The normalized spacial score (nSPS) is 25.3. The number of nitrogens with zero attached hydrogens (tertiary/aromatic N) is 1. The van der Waals surface area contributed by atoms with Gasteiger partial charge >= 0.3 is 0 Å². The lowest BCUT2D eigenvalue weighted by molar-refractivity contribution is -0.135. The fourth-order valence-electron chi connectivity index (χ4n) is 2.89. The van der Waals surface area contributed by atoms with Crippen LogP contribution in [-0.4, -0.2) is 42.5 Å². The molecule has 2 amide bonds. The Labute approximate surface area is 114 Å². The van der Waals surface area contributed by atoms with Crippen LogP contribution in [0.25, 0.3) is 0 Å². The minimum atomic E-state index is -0.234. The van der Waals surface area contributed by atoms with Gasteiger partial charge in [0.15, 0.2) is 0 Å². The van der Waals surface area contributed by atoms with E-state index in [9.17, 15) is 9.59 Å². The lowest BCUT2D eigenvalue weighted by Crippen LogP contribution is -2.42. The van der Waals surface area contributed by atoms with Crippen LogP contribution in [0.2, 0.25) is 0 Å². The van der Waals surface area contributed by atoms with Gasteiger partial charge in [0.1, 0.15) is 0 Å². The van der Waals surface area contributed by atoms with E-state index in [1.54, 1.807) is 0 Å². The van der Waals surface area contributed by atoms with Gasteiger partial charge in [0.2, 0.25) is 11.8 Å². The predicted octanol–water partition coefficient (Wildman–Crippen LogP) is 1.06. The van der Waals surface area contributed by atoms with E-state index in [4.69, 9.17) is 10.5 Å². The zero-order valence-corrected chi connectivity index (χ0v) is 11.5. The molecule has 2 saturated heterocycles. The predicted molar refractivity (Wildman–Crippen MR) is 71.3 cm³/mol. The van der Waals surface area contributed by atoms with Crippen molar-refractivity contribution in [2.45, 2.75) is 51.0 Å². The number of primary amides is 1. The van der Waals surface area contributed by atoms with Crippen LogP contribution < -0.4 is 5.73 Å². The van der Waals surface area contributed by atoms with Gasteiger partial charge < -0.3 is 15.4 Å². The number of likely N-dealkylation sites (tertiary alicyclic amines) is 1. The monoisotopic (exact) mass is 268 g/mol. The summed E-state index contributed by atoms with van der Waals surface area (Å²) in [7, 11) is 0. The van der Waals surface area contributed by atoms with E-state index in [0.717, 1.165) is 25.9 Å². The summed E-state index contributed by atoms with van der Waals surface area (Å²) in [5, 5.41) is 0. The molecule has 0 radical (unpaired) electrons. The van der Waals surface area contributed by atoms with Gasteiger partial charge in [0, 0.05) is 32.0 Å². The van der Waals surface area contributed by atoms with Gasteiger partial charge in [-0.1, -0.05) is 0 Å². The van der Waals surface area contributed by atoms with Crippen LogP contribution in [0.5, 0.6) is 0 Å². The Bertz CT molecular complexity index is 319. The number of hydrogen-bond donors (Lipinski definition) is 1. The first-order valence-electron chi connectivity index (χ1n) is 7.35. The number of nitrogens with two attached hydrogens (primary N) is 1. The maximum absolute atomic E-state index is 12.1. The standard InChI is InChI=1S/C14H24N2O3/c15-14(18)11-6-8-16(9-7-11)13(17)5-4-12-3-1-2-10-19-12/h11-12H,1-10H2,(H2,15,18). The number of ether oxygens (including phenoxy) is 1. The summed E-state index contributed by atoms with van der Waals surface area (Å²) in [4.78, 5) is 25.0. The SMILES string of the molecule is NC(=O)C1CCN(C(=O)CCC2CCCCO2)CC1. The molecule has 1 atom stereocenters. The van der Waals surface area contributed by atoms with E-state index in [1.807, 2.05) is 4.90 Å². The molecule has 2 rings (SSSR count). The second-order valence-corrected chi connectivity index (χ2v) is 5.58. The van der Waals surface area contributed by atoms with Crippen molar-refractivity contribution in [3.8, 4) is 0 Å². The molecule has 1 unspecified atom stereocenters. The van der Waals surface area contributed by atoms with Gasteiger partial charge in [0.25, 0.3) is 0 Å². The van der Waals surface area contributed by atoms with Gasteiger partial charge in [-0.25, -0.2) is 0 Å². The second-order valence-electron chi connectivity index (χ2n) is 5.58. The van der Waals surface area contributed by atoms with E-state index in [2.05, 4.69) is 0 Å². The van der Waals surface area contributed by atoms with Gasteiger partial charge in [0.05, 0.1) is 6.10 Å². The average Bonchev–Trinajstić information content (AvgIpc) is 2.46. The summed E-state index contributed by atoms with van der Waals surface area (Å²) < 4.78 is 5.63. The Balaban J connectivity index is 1.67. The van der Waals surface area contributed by atoms with Gasteiger partial charge in [-0.2, -0.15) is 0 Å². The maximum atomic E-state index is 12.1. The molecule has 2 heterocycles. The Morgan fingerprint density at radius 3 is 2.47 bits per heavy atom. The van der Waals surface area contributed by atoms with Crippen LogP contribution in [0.1, 0.15) is 44.9 Å². The third kappa shape index (κ3) is 4.20. The lowest BCUT2D eigenvalue weighted by atomic mass is 9.96. The molecule has 0 bridgehead atoms. The van der Waals surface area contributed by atoms with Crippen molar-refractivity contribution in [1.29, 1.82) is 0 Å². The van der Waals surface area contributed by atoms with E-state index in [0.29, 0.717) is 32.4 Å². The highest BCUT2D eigenvalue weighted by Crippen LogP contribution is 2.20. The molecule has 108 valence electrons. The van der Waals surface area contributed by atoms with E-state index in [-0.39, 0.29) is 23.8 Å². The van der Waals surface area contributed by atoms with Crippen molar-refractivity contribution >= 4 is 11.8 Å². The Hall–Kier alpha value is -1.10. The minimum absolute atomic E-state index is 0.0503. The van der Waals surface area contributed by atoms with Crippen LogP contribution in [0.4, 0.5) is 0 Å². The summed E-state index contributed by atoms with van der Waals surface area (Å²) in [6, 6.07) is 0. The van der Waals surface area contributed by atoms with Crippen LogP contribution in [0, 0.1) is 5.92 Å². The van der Waals surface area contributed by atoms with Crippen LogP contribution in [0.15, 0.2) is 0 Å². The number of piperidine rings is 1. The number of hydrogen-bond acceptors (Lipinski definition) is 3. The zero-order valence-electron chi connectivity index (χ0n) is 11.5. The number of rotatable bonds is 4. The molecular weight excluding hydrogens is 244 g/mol. The highest BCUT2D eigenvalue weighted by atomic mass is 16.5. The van der Waals surface area contributed by atoms with E-state index in [1.165, 1.54) is 6.42 Å². The zero-order chi connectivity index (χ0) is 13.7. The van der Waals surface area contributed by atoms with Crippen LogP contribution in [0.3, 0.4) is 0 Å². The lowest BCUT2D eigenvalue weighted by Gasteiger charge is -2.31. The molecule has 0 aromatic carbocycles. The van der Waals surface area contributed by atoms with E-state index < -0.39 is 0 Å². The highest BCUT2D eigenvalue weighted by molar-refractivity contribution is 5.78. The fraction of sp³-hybridized carbons (Fsp3) is 0.857. The van der Waals surface area contributed by atoms with Gasteiger partial charge in [-0.3, -0.25) is 9.59 Å². The summed E-state index contributed by atoms with van der Waals surface area (Å²) in [6.07, 6.45) is 6.51. The smallest absolute Gasteiger partial charge is 0.222 e. The van der Waals surface area contributed by atoms with Crippen molar-refractivity contribution < 1.29 is 14.3 Å². The first-order valence-corrected chi connectivity index (χ1v) is 7.35. The molecule has 0 aromatic rings. The molecule has 5 heteroatoms. The third-order valence-corrected chi connectivity index (χ3v) is 4.20. The molecule has 19 heavy (non-hydrogen) atoms. The minimum Gasteiger partial charge on any atom is -0.378 e. The summed E-state index contributed by atoms with van der Waals surface area (Å²) in [6.45, 7) is 2.17. The Morgan fingerprint density at radius 1 is 1.16 bits per heavy atom. The highest BCUT2D eigenvalue weighted by Gasteiger charge is 2.26. The first kappa shape index (κ1) is 14.3. The fourth-order valence-corrected chi connectivity index (χ4v) is 2.89. The van der Waals surface area contributed by atoms with Crippen molar-refractivity contribution in [3.05, 3.63) is 0 Å². The molecule has 5 nitrogen and oxygen atoms in total. The Morgan fingerprint density at radius 2 is 1.89 bits per heavy atom. The molecule has 0 spiro atoms. The molecule has 0 saturated carbocycles. The molecule has 2 aliphatic rings. The molecule has 0 aliphatic carbocycles. The average molecular weight is 268 g/mol. The molecular formula is C14H24N2O3. The second kappa shape index (κ2) is 6.89. The molecule has 2 aliphatic heterocycles. The van der Waals surface area contributed by atoms with E-state index >= 15 is 0 Å². The molecule has 2 N–H and O–H groups in total. The van der Waals surface area contributed by atoms with Gasteiger partial charge in [-0.05, 0) is 38.5 Å². The van der Waals surface area contributed by atoms with Crippen molar-refractivity contribution in [3.63, 3.8) is 0 Å². The maximum Gasteiger partial charge on any atom is 0.222 e. The van der Waals surface area contributed by atoms with Crippen LogP contribution >= 0.6 is 0 Å². The summed E-state index contributed by atoms with van der Waals surface area (Å²) in [5.41, 5.74) is 5.29. The Kier molecular flexibility index (Phi) is 5.19. The summed E-state index contributed by atoms with van der Waals surface area (Å²) >= 11 is 0. The number of carbonyl (C=O) groups is 2. The molecule has 0 aromatic heterocycles. The first-order chi connectivity index (χ1) is 9.16.